The van der Waals surface area contributed by atoms with Crippen molar-refractivity contribution in [2.24, 2.45) is 5.73 Å². The molecule has 0 unspecified atom stereocenters. The number of aromatic nitrogens is 1. The number of ether oxygens (including phenoxy) is 2. The van der Waals surface area contributed by atoms with Crippen LogP contribution in [0.15, 0.2) is 84.9 Å². The van der Waals surface area contributed by atoms with Gasteiger partial charge in [-0.15, -0.1) is 0 Å². The summed E-state index contributed by atoms with van der Waals surface area (Å²) in [5.41, 5.74) is 11.6. The highest BCUT2D eigenvalue weighted by Crippen LogP contribution is 2.35. The van der Waals surface area contributed by atoms with Crippen LogP contribution in [-0.2, 0) is 6.54 Å². The lowest BCUT2D eigenvalue weighted by Crippen LogP contribution is -2.11. The predicted octanol–water partition coefficient (Wildman–Crippen LogP) is 5.63. The summed E-state index contributed by atoms with van der Waals surface area (Å²) in [5.74, 6) is 1.21. The van der Waals surface area contributed by atoms with Crippen molar-refractivity contribution in [3.05, 3.63) is 96.1 Å². The first kappa shape index (κ1) is 20.6. The largest absolute Gasteiger partial charge is 0.497 e. The summed E-state index contributed by atoms with van der Waals surface area (Å²) < 4.78 is 12.8. The molecule has 2 N–H and O–H groups in total. The third-order valence-electron chi connectivity index (χ3n) is 6.08. The number of hydrogen-bond donors (Lipinski definition) is 1. The zero-order valence-corrected chi connectivity index (χ0v) is 18.5. The molecular weight excluding hydrogens is 412 g/mol. The number of carbonyl (C=O) groups is 1. The zero-order chi connectivity index (χ0) is 22.9. The van der Waals surface area contributed by atoms with Gasteiger partial charge in [-0.05, 0) is 59.2 Å². The monoisotopic (exact) mass is 436 g/mol. The van der Waals surface area contributed by atoms with Gasteiger partial charge in [0.1, 0.15) is 11.5 Å². The first-order valence-corrected chi connectivity index (χ1v) is 10.7. The van der Waals surface area contributed by atoms with E-state index in [1.807, 2.05) is 48.5 Å². The molecule has 1 amide bonds. The number of primary amides is 1. The molecular formula is C28H24N2O3. The molecule has 1 aromatic heterocycles. The second kappa shape index (κ2) is 8.36. The summed E-state index contributed by atoms with van der Waals surface area (Å²) in [7, 11) is 3.32. The minimum Gasteiger partial charge on any atom is -0.497 e. The van der Waals surface area contributed by atoms with E-state index in [1.54, 1.807) is 20.3 Å². The number of benzene rings is 4. The quantitative estimate of drug-likeness (QED) is 0.375. The SMILES string of the molecule is COc1ccc(Cn2c3cc(-c4ccc(OC)cc4)ccc3c3c(C(N)=O)cccc32)cc1. The van der Waals surface area contributed by atoms with Crippen molar-refractivity contribution in [2.45, 2.75) is 6.54 Å². The minimum atomic E-state index is -0.427. The molecule has 5 heteroatoms. The molecule has 33 heavy (non-hydrogen) atoms. The summed E-state index contributed by atoms with van der Waals surface area (Å²) in [6.45, 7) is 0.651. The van der Waals surface area contributed by atoms with Crippen LogP contribution in [0.1, 0.15) is 15.9 Å². The van der Waals surface area contributed by atoms with Crippen LogP contribution in [0.4, 0.5) is 0 Å². The van der Waals surface area contributed by atoms with Crippen molar-refractivity contribution in [3.63, 3.8) is 0 Å². The maximum absolute atomic E-state index is 12.2. The van der Waals surface area contributed by atoms with Crippen LogP contribution in [-0.4, -0.2) is 24.7 Å². The van der Waals surface area contributed by atoms with Crippen molar-refractivity contribution in [3.8, 4) is 22.6 Å². The van der Waals surface area contributed by atoms with Gasteiger partial charge >= 0.3 is 0 Å². The zero-order valence-electron chi connectivity index (χ0n) is 18.5. The number of carbonyl (C=O) groups excluding carboxylic acids is 1. The number of methoxy groups -OCH3 is 2. The Morgan fingerprint density at radius 2 is 1.42 bits per heavy atom. The fourth-order valence-electron chi connectivity index (χ4n) is 4.40. The van der Waals surface area contributed by atoms with Gasteiger partial charge in [0.05, 0.1) is 25.3 Å². The van der Waals surface area contributed by atoms with Gasteiger partial charge in [-0.3, -0.25) is 4.79 Å². The van der Waals surface area contributed by atoms with E-state index in [0.717, 1.165) is 50.0 Å². The van der Waals surface area contributed by atoms with E-state index in [2.05, 4.69) is 34.9 Å². The van der Waals surface area contributed by atoms with Gasteiger partial charge in [-0.1, -0.05) is 42.5 Å². The maximum atomic E-state index is 12.2. The molecule has 0 fully saturated rings. The Balaban J connectivity index is 1.73. The molecule has 0 aliphatic heterocycles. The van der Waals surface area contributed by atoms with Crippen molar-refractivity contribution >= 4 is 27.7 Å². The van der Waals surface area contributed by atoms with Gasteiger partial charge in [0.15, 0.2) is 0 Å². The van der Waals surface area contributed by atoms with Crippen LogP contribution >= 0.6 is 0 Å². The van der Waals surface area contributed by atoms with E-state index in [9.17, 15) is 4.79 Å². The Kier molecular flexibility index (Phi) is 5.23. The molecule has 0 aliphatic carbocycles. The molecule has 5 nitrogen and oxygen atoms in total. The van der Waals surface area contributed by atoms with Crippen LogP contribution in [0.3, 0.4) is 0 Å². The fourth-order valence-corrected chi connectivity index (χ4v) is 4.40. The van der Waals surface area contributed by atoms with Crippen molar-refractivity contribution in [2.75, 3.05) is 14.2 Å². The van der Waals surface area contributed by atoms with Crippen molar-refractivity contribution < 1.29 is 14.3 Å². The first-order valence-electron chi connectivity index (χ1n) is 10.7. The highest BCUT2D eigenvalue weighted by atomic mass is 16.5. The molecule has 0 bridgehead atoms. The molecule has 0 atom stereocenters. The number of nitrogens with two attached hydrogens (primary N) is 1. The summed E-state index contributed by atoms with van der Waals surface area (Å²) >= 11 is 0. The van der Waals surface area contributed by atoms with Gasteiger partial charge in [0, 0.05) is 22.9 Å². The van der Waals surface area contributed by atoms with Crippen LogP contribution < -0.4 is 15.2 Å². The molecule has 5 aromatic rings. The molecule has 0 spiro atoms. The standard InChI is InChI=1S/C28H24N2O3/c1-32-21-11-6-18(7-12-21)17-30-25-5-3-4-24(28(29)31)27(25)23-15-10-20(16-26(23)30)19-8-13-22(33-2)14-9-19/h3-16H,17H2,1-2H3,(H2,29,31). The Hall–Kier alpha value is -4.25. The van der Waals surface area contributed by atoms with E-state index < -0.39 is 5.91 Å². The second-order valence-electron chi connectivity index (χ2n) is 7.96. The van der Waals surface area contributed by atoms with E-state index in [1.165, 1.54) is 0 Å². The number of hydrogen-bond acceptors (Lipinski definition) is 3. The fraction of sp³-hybridized carbons (Fsp3) is 0.107. The summed E-state index contributed by atoms with van der Waals surface area (Å²) in [4.78, 5) is 12.2. The van der Waals surface area contributed by atoms with Gasteiger partial charge in [0.2, 0.25) is 5.91 Å². The highest BCUT2D eigenvalue weighted by Gasteiger charge is 2.17. The lowest BCUT2D eigenvalue weighted by atomic mass is 10.0. The van der Waals surface area contributed by atoms with Crippen molar-refractivity contribution in [1.29, 1.82) is 0 Å². The lowest BCUT2D eigenvalue weighted by molar-refractivity contribution is 0.100. The Bertz CT molecular complexity index is 1470. The second-order valence-corrected chi connectivity index (χ2v) is 7.96. The van der Waals surface area contributed by atoms with E-state index in [0.29, 0.717) is 12.1 Å². The topological polar surface area (TPSA) is 66.5 Å². The first-order chi connectivity index (χ1) is 16.1. The third kappa shape index (κ3) is 3.68. The number of fused-ring (bicyclic) bond motifs is 3. The Morgan fingerprint density at radius 3 is 2.06 bits per heavy atom. The molecule has 1 heterocycles. The molecule has 5 rings (SSSR count). The molecule has 0 saturated carbocycles. The summed E-state index contributed by atoms with van der Waals surface area (Å²) in [5, 5.41) is 1.89. The van der Waals surface area contributed by atoms with E-state index in [-0.39, 0.29) is 0 Å². The number of nitrogens with zero attached hydrogens (tertiary/aromatic N) is 1. The van der Waals surface area contributed by atoms with Crippen LogP contribution in [0, 0.1) is 0 Å². The summed E-state index contributed by atoms with van der Waals surface area (Å²) in [6, 6.07) is 28.1. The minimum absolute atomic E-state index is 0.427. The van der Waals surface area contributed by atoms with Crippen molar-refractivity contribution in [1.82, 2.24) is 4.57 Å². The summed E-state index contributed by atoms with van der Waals surface area (Å²) in [6.07, 6.45) is 0. The lowest BCUT2D eigenvalue weighted by Gasteiger charge is -2.10. The highest BCUT2D eigenvalue weighted by molar-refractivity contribution is 6.18. The smallest absolute Gasteiger partial charge is 0.249 e. The third-order valence-corrected chi connectivity index (χ3v) is 6.08. The van der Waals surface area contributed by atoms with Gasteiger partial charge in [-0.2, -0.15) is 0 Å². The molecule has 0 aliphatic rings. The Labute approximate surface area is 192 Å². The van der Waals surface area contributed by atoms with Gasteiger partial charge < -0.3 is 19.8 Å². The Morgan fingerprint density at radius 1 is 0.788 bits per heavy atom. The van der Waals surface area contributed by atoms with Gasteiger partial charge in [-0.25, -0.2) is 0 Å². The molecule has 4 aromatic carbocycles. The maximum Gasteiger partial charge on any atom is 0.249 e. The van der Waals surface area contributed by atoms with Crippen LogP contribution in [0.25, 0.3) is 32.9 Å². The van der Waals surface area contributed by atoms with Crippen LogP contribution in [0.5, 0.6) is 11.5 Å². The molecule has 164 valence electrons. The number of amides is 1. The normalized spacial score (nSPS) is 11.1. The number of rotatable bonds is 6. The van der Waals surface area contributed by atoms with Crippen LogP contribution in [0.2, 0.25) is 0 Å². The average Bonchev–Trinajstić information content (AvgIpc) is 3.17. The van der Waals surface area contributed by atoms with E-state index in [4.69, 9.17) is 15.2 Å². The molecule has 0 saturated heterocycles. The van der Waals surface area contributed by atoms with Gasteiger partial charge in [0.25, 0.3) is 0 Å². The van der Waals surface area contributed by atoms with E-state index >= 15 is 0 Å². The molecule has 0 radical (unpaired) electrons. The predicted molar refractivity (Wildman–Crippen MR) is 132 cm³/mol. The average molecular weight is 437 g/mol.